The SMILES string of the molecule is Cc1cccc(C)c1OCCNC(=O)C1(S(C)(=O)=O)CCNCC1.Cl. The molecule has 2 N–H and O–H groups in total. The van der Waals surface area contributed by atoms with Crippen molar-refractivity contribution in [3.63, 3.8) is 0 Å². The molecular formula is C17H27ClN2O4S. The second-order valence-corrected chi connectivity index (χ2v) is 8.67. The molecule has 1 aliphatic rings. The minimum absolute atomic E-state index is 0. The number of piperidine rings is 1. The van der Waals surface area contributed by atoms with Crippen molar-refractivity contribution >= 4 is 28.2 Å². The summed E-state index contributed by atoms with van der Waals surface area (Å²) in [7, 11) is -3.48. The van der Waals surface area contributed by atoms with Crippen LogP contribution in [-0.2, 0) is 14.6 Å². The van der Waals surface area contributed by atoms with Gasteiger partial charge < -0.3 is 15.4 Å². The number of nitrogens with one attached hydrogen (secondary N) is 2. The molecule has 2 rings (SSSR count). The Bertz CT molecular complexity index is 680. The second-order valence-electron chi connectivity index (χ2n) is 6.34. The molecule has 6 nitrogen and oxygen atoms in total. The van der Waals surface area contributed by atoms with E-state index in [0.717, 1.165) is 23.1 Å². The summed E-state index contributed by atoms with van der Waals surface area (Å²) in [6, 6.07) is 5.90. The standard InChI is InChI=1S/C17H26N2O4S.ClH/c1-13-5-4-6-14(2)15(13)23-12-11-19-16(20)17(24(3,21)22)7-9-18-10-8-17;/h4-6,18H,7-12H2,1-3H3,(H,19,20);1H. The lowest BCUT2D eigenvalue weighted by atomic mass is 9.96. The molecule has 0 radical (unpaired) electrons. The highest BCUT2D eigenvalue weighted by Crippen LogP contribution is 2.28. The fourth-order valence-electron chi connectivity index (χ4n) is 3.10. The Morgan fingerprint density at radius 3 is 2.32 bits per heavy atom. The van der Waals surface area contributed by atoms with Crippen molar-refractivity contribution in [1.29, 1.82) is 0 Å². The van der Waals surface area contributed by atoms with Gasteiger partial charge in [-0.15, -0.1) is 12.4 Å². The summed E-state index contributed by atoms with van der Waals surface area (Å²) >= 11 is 0. The third-order valence-corrected chi connectivity index (χ3v) is 6.59. The van der Waals surface area contributed by atoms with Crippen LogP contribution in [0.3, 0.4) is 0 Å². The molecule has 25 heavy (non-hydrogen) atoms. The Balaban J connectivity index is 0.00000312. The summed E-state index contributed by atoms with van der Waals surface area (Å²) in [4.78, 5) is 12.5. The van der Waals surface area contributed by atoms with E-state index < -0.39 is 20.5 Å². The first-order valence-corrected chi connectivity index (χ1v) is 10.0. The number of para-hydroxylation sites is 1. The van der Waals surface area contributed by atoms with Crippen molar-refractivity contribution in [1.82, 2.24) is 10.6 Å². The fourth-order valence-corrected chi connectivity index (χ4v) is 4.46. The lowest BCUT2D eigenvalue weighted by Crippen LogP contribution is -2.57. The van der Waals surface area contributed by atoms with Crippen LogP contribution in [0.15, 0.2) is 18.2 Å². The number of aryl methyl sites for hydroxylation is 2. The summed E-state index contributed by atoms with van der Waals surface area (Å²) in [5.41, 5.74) is 2.07. The second kappa shape index (κ2) is 8.87. The number of carbonyl (C=O) groups excluding carboxylic acids is 1. The van der Waals surface area contributed by atoms with Gasteiger partial charge in [0.1, 0.15) is 12.4 Å². The van der Waals surface area contributed by atoms with E-state index in [4.69, 9.17) is 4.74 Å². The highest BCUT2D eigenvalue weighted by molar-refractivity contribution is 7.92. The van der Waals surface area contributed by atoms with Gasteiger partial charge >= 0.3 is 0 Å². The number of hydrogen-bond acceptors (Lipinski definition) is 5. The molecule has 1 saturated heterocycles. The zero-order valence-corrected chi connectivity index (χ0v) is 16.6. The zero-order chi connectivity index (χ0) is 17.8. The molecule has 1 fully saturated rings. The maximum atomic E-state index is 12.5. The van der Waals surface area contributed by atoms with Gasteiger partial charge in [-0.3, -0.25) is 4.79 Å². The molecule has 1 amide bonds. The average molecular weight is 391 g/mol. The minimum Gasteiger partial charge on any atom is -0.491 e. The smallest absolute Gasteiger partial charge is 0.241 e. The van der Waals surface area contributed by atoms with Crippen LogP contribution in [0.25, 0.3) is 0 Å². The number of halogens is 1. The largest absolute Gasteiger partial charge is 0.491 e. The minimum atomic E-state index is -3.48. The molecule has 1 aliphatic heterocycles. The van der Waals surface area contributed by atoms with Crippen molar-refractivity contribution in [3.8, 4) is 5.75 Å². The first-order chi connectivity index (χ1) is 11.3. The van der Waals surface area contributed by atoms with Crippen LogP contribution in [0.5, 0.6) is 5.75 Å². The molecule has 142 valence electrons. The number of rotatable bonds is 6. The van der Waals surface area contributed by atoms with Crippen LogP contribution in [0.2, 0.25) is 0 Å². The Labute approximate surface area is 156 Å². The van der Waals surface area contributed by atoms with E-state index >= 15 is 0 Å². The van der Waals surface area contributed by atoms with Gasteiger partial charge in [0.15, 0.2) is 14.6 Å². The van der Waals surface area contributed by atoms with Gasteiger partial charge in [0.05, 0.1) is 6.54 Å². The number of ether oxygens (including phenoxy) is 1. The van der Waals surface area contributed by atoms with Gasteiger partial charge in [-0.05, 0) is 50.9 Å². The predicted molar refractivity (Wildman–Crippen MR) is 101 cm³/mol. The van der Waals surface area contributed by atoms with Crippen molar-refractivity contribution in [3.05, 3.63) is 29.3 Å². The van der Waals surface area contributed by atoms with Crippen LogP contribution in [-0.4, -0.2) is 51.6 Å². The van der Waals surface area contributed by atoms with Crippen LogP contribution in [0.1, 0.15) is 24.0 Å². The van der Waals surface area contributed by atoms with Gasteiger partial charge in [-0.1, -0.05) is 18.2 Å². The molecule has 0 aromatic heterocycles. The van der Waals surface area contributed by atoms with Crippen LogP contribution in [0, 0.1) is 13.8 Å². The van der Waals surface area contributed by atoms with Crippen LogP contribution >= 0.6 is 12.4 Å². The van der Waals surface area contributed by atoms with Crippen molar-refractivity contribution in [2.75, 3.05) is 32.5 Å². The lowest BCUT2D eigenvalue weighted by molar-refractivity contribution is -0.124. The molecule has 1 aromatic rings. The van der Waals surface area contributed by atoms with Gasteiger partial charge in [-0.25, -0.2) is 8.42 Å². The van der Waals surface area contributed by atoms with E-state index in [-0.39, 0.29) is 19.0 Å². The first kappa shape index (κ1) is 21.7. The van der Waals surface area contributed by atoms with Crippen molar-refractivity contribution in [2.24, 2.45) is 0 Å². The van der Waals surface area contributed by atoms with Crippen molar-refractivity contribution in [2.45, 2.75) is 31.4 Å². The molecule has 0 saturated carbocycles. The summed E-state index contributed by atoms with van der Waals surface area (Å²) in [6.45, 7) is 5.56. The normalized spacial score (nSPS) is 16.6. The number of benzene rings is 1. The Morgan fingerprint density at radius 2 is 1.80 bits per heavy atom. The fraction of sp³-hybridized carbons (Fsp3) is 0.588. The number of carbonyl (C=O) groups is 1. The number of amides is 1. The third kappa shape index (κ3) is 4.86. The van der Waals surface area contributed by atoms with Gasteiger partial charge in [-0.2, -0.15) is 0 Å². The highest BCUT2D eigenvalue weighted by atomic mass is 35.5. The Morgan fingerprint density at radius 1 is 1.24 bits per heavy atom. The van der Waals surface area contributed by atoms with Crippen LogP contribution < -0.4 is 15.4 Å². The van der Waals surface area contributed by atoms with Gasteiger partial charge in [0, 0.05) is 6.26 Å². The molecule has 0 bridgehead atoms. The summed E-state index contributed by atoms with van der Waals surface area (Å²) in [6.07, 6.45) is 1.75. The van der Waals surface area contributed by atoms with E-state index in [1.54, 1.807) is 0 Å². The van der Waals surface area contributed by atoms with E-state index in [1.807, 2.05) is 32.0 Å². The number of hydrogen-bond donors (Lipinski definition) is 2. The topological polar surface area (TPSA) is 84.5 Å². The zero-order valence-electron chi connectivity index (χ0n) is 14.9. The summed E-state index contributed by atoms with van der Waals surface area (Å²) in [5, 5.41) is 5.84. The van der Waals surface area contributed by atoms with E-state index in [9.17, 15) is 13.2 Å². The highest BCUT2D eigenvalue weighted by Gasteiger charge is 2.48. The third-order valence-electron chi connectivity index (χ3n) is 4.58. The molecule has 0 aliphatic carbocycles. The number of sulfone groups is 1. The maximum Gasteiger partial charge on any atom is 0.241 e. The maximum absolute atomic E-state index is 12.5. The van der Waals surface area contributed by atoms with E-state index in [0.29, 0.717) is 32.5 Å². The molecule has 8 heteroatoms. The molecule has 0 atom stereocenters. The summed E-state index contributed by atoms with van der Waals surface area (Å²) < 4.78 is 28.8. The average Bonchev–Trinajstić information content (AvgIpc) is 2.53. The van der Waals surface area contributed by atoms with Gasteiger partial charge in [0.2, 0.25) is 5.91 Å². The van der Waals surface area contributed by atoms with Crippen LogP contribution in [0.4, 0.5) is 0 Å². The molecule has 0 unspecified atom stereocenters. The predicted octanol–water partition coefficient (Wildman–Crippen LogP) is 1.39. The van der Waals surface area contributed by atoms with E-state index in [2.05, 4.69) is 10.6 Å². The Kier molecular flexibility index (Phi) is 7.71. The van der Waals surface area contributed by atoms with Gasteiger partial charge in [0.25, 0.3) is 0 Å². The lowest BCUT2D eigenvalue weighted by Gasteiger charge is -2.34. The quantitative estimate of drug-likeness (QED) is 0.717. The van der Waals surface area contributed by atoms with Crippen molar-refractivity contribution < 1.29 is 17.9 Å². The summed E-state index contributed by atoms with van der Waals surface area (Å²) in [5.74, 6) is 0.392. The Hall–Kier alpha value is -1.31. The molecule has 1 heterocycles. The molecule has 0 spiro atoms. The molecule has 1 aromatic carbocycles. The monoisotopic (exact) mass is 390 g/mol. The van der Waals surface area contributed by atoms with E-state index in [1.165, 1.54) is 0 Å². The molecular weight excluding hydrogens is 364 g/mol. The first-order valence-electron chi connectivity index (χ1n) is 8.15.